The summed E-state index contributed by atoms with van der Waals surface area (Å²) in [5.41, 5.74) is 0.980. The third kappa shape index (κ3) is 3.84. The normalized spacial score (nSPS) is 23.1. The van der Waals surface area contributed by atoms with E-state index in [1.165, 1.54) is 0 Å². The monoisotopic (exact) mass is 275 g/mol. The molecule has 2 atom stereocenters. The fourth-order valence-corrected chi connectivity index (χ4v) is 2.35. The predicted molar refractivity (Wildman–Crippen MR) is 78.6 cm³/mol. The Hall–Kier alpha value is -1.81. The molecule has 20 heavy (non-hydrogen) atoms. The third-order valence-corrected chi connectivity index (χ3v) is 3.27. The van der Waals surface area contributed by atoms with Gasteiger partial charge >= 0.3 is 0 Å². The number of morpholine rings is 1. The van der Waals surface area contributed by atoms with E-state index in [1.54, 1.807) is 13.2 Å². The zero-order valence-electron chi connectivity index (χ0n) is 12.2. The van der Waals surface area contributed by atoms with Crippen molar-refractivity contribution < 1.29 is 14.3 Å². The molecule has 1 amide bonds. The van der Waals surface area contributed by atoms with Crippen molar-refractivity contribution in [3.8, 4) is 5.75 Å². The van der Waals surface area contributed by atoms with Gasteiger partial charge < -0.3 is 14.4 Å². The predicted octanol–water partition coefficient (Wildman–Crippen LogP) is 2.34. The first-order valence-electron chi connectivity index (χ1n) is 6.85. The van der Waals surface area contributed by atoms with Gasteiger partial charge in [0.25, 0.3) is 0 Å². The lowest BCUT2D eigenvalue weighted by Gasteiger charge is -2.34. The standard InChI is InChI=1S/C16H21NO3/c1-12-10-17(11-13(2)20-12)16(18)9-6-14-4-7-15(19-3)8-5-14/h4-9,12-13H,10-11H2,1-3H3. The highest BCUT2D eigenvalue weighted by Crippen LogP contribution is 2.14. The van der Waals surface area contributed by atoms with E-state index in [-0.39, 0.29) is 18.1 Å². The van der Waals surface area contributed by atoms with E-state index >= 15 is 0 Å². The van der Waals surface area contributed by atoms with Crippen molar-refractivity contribution in [3.05, 3.63) is 35.9 Å². The van der Waals surface area contributed by atoms with Crippen LogP contribution >= 0.6 is 0 Å². The summed E-state index contributed by atoms with van der Waals surface area (Å²) >= 11 is 0. The van der Waals surface area contributed by atoms with Crippen LogP contribution in [-0.4, -0.2) is 43.2 Å². The van der Waals surface area contributed by atoms with E-state index in [9.17, 15) is 4.79 Å². The zero-order chi connectivity index (χ0) is 14.5. The summed E-state index contributed by atoms with van der Waals surface area (Å²) in [7, 11) is 1.63. The van der Waals surface area contributed by atoms with Gasteiger partial charge in [-0.3, -0.25) is 4.79 Å². The molecule has 1 fully saturated rings. The number of hydrogen-bond acceptors (Lipinski definition) is 3. The Morgan fingerprint density at radius 3 is 2.40 bits per heavy atom. The molecule has 0 aliphatic carbocycles. The zero-order valence-corrected chi connectivity index (χ0v) is 12.2. The molecular formula is C16H21NO3. The van der Waals surface area contributed by atoms with E-state index < -0.39 is 0 Å². The average molecular weight is 275 g/mol. The van der Waals surface area contributed by atoms with Gasteiger partial charge in [0.2, 0.25) is 5.91 Å². The van der Waals surface area contributed by atoms with Gasteiger partial charge in [0, 0.05) is 19.2 Å². The Labute approximate surface area is 120 Å². The summed E-state index contributed by atoms with van der Waals surface area (Å²) in [5.74, 6) is 0.840. The van der Waals surface area contributed by atoms with E-state index in [0.717, 1.165) is 11.3 Å². The number of amides is 1. The summed E-state index contributed by atoms with van der Waals surface area (Å²) in [6, 6.07) is 7.60. The molecule has 1 aliphatic rings. The lowest BCUT2D eigenvalue weighted by molar-refractivity contribution is -0.137. The topological polar surface area (TPSA) is 38.8 Å². The minimum absolute atomic E-state index is 0.0304. The van der Waals surface area contributed by atoms with Crippen molar-refractivity contribution in [2.75, 3.05) is 20.2 Å². The maximum Gasteiger partial charge on any atom is 0.246 e. The summed E-state index contributed by atoms with van der Waals surface area (Å²) < 4.78 is 10.7. The summed E-state index contributed by atoms with van der Waals surface area (Å²) in [6.45, 7) is 5.28. The minimum atomic E-state index is 0.0304. The number of rotatable bonds is 3. The second kappa shape index (κ2) is 6.57. The maximum absolute atomic E-state index is 12.1. The fraction of sp³-hybridized carbons (Fsp3) is 0.438. The van der Waals surface area contributed by atoms with Crippen molar-refractivity contribution >= 4 is 12.0 Å². The van der Waals surface area contributed by atoms with Crippen molar-refractivity contribution in [2.24, 2.45) is 0 Å². The van der Waals surface area contributed by atoms with Gasteiger partial charge in [-0.25, -0.2) is 0 Å². The second-order valence-corrected chi connectivity index (χ2v) is 5.11. The van der Waals surface area contributed by atoms with Crippen molar-refractivity contribution in [1.29, 1.82) is 0 Å². The molecule has 4 heteroatoms. The highest BCUT2D eigenvalue weighted by Gasteiger charge is 2.24. The number of carbonyl (C=O) groups is 1. The van der Waals surface area contributed by atoms with Crippen molar-refractivity contribution in [2.45, 2.75) is 26.1 Å². The number of methoxy groups -OCH3 is 1. The van der Waals surface area contributed by atoms with Crippen LogP contribution in [-0.2, 0) is 9.53 Å². The van der Waals surface area contributed by atoms with E-state index in [0.29, 0.717) is 13.1 Å². The molecule has 1 heterocycles. The van der Waals surface area contributed by atoms with Gasteiger partial charge in [0.15, 0.2) is 0 Å². The molecule has 2 unspecified atom stereocenters. The minimum Gasteiger partial charge on any atom is -0.497 e. The SMILES string of the molecule is COc1ccc(C=CC(=O)N2CC(C)OC(C)C2)cc1. The van der Waals surface area contributed by atoms with Crippen LogP contribution in [0.15, 0.2) is 30.3 Å². The van der Waals surface area contributed by atoms with Crippen molar-refractivity contribution in [3.63, 3.8) is 0 Å². The molecule has 0 bridgehead atoms. The Bertz CT molecular complexity index is 471. The van der Waals surface area contributed by atoms with Gasteiger partial charge in [-0.2, -0.15) is 0 Å². The molecule has 0 aromatic heterocycles. The quantitative estimate of drug-likeness (QED) is 0.795. The number of carbonyl (C=O) groups excluding carboxylic acids is 1. The molecule has 0 radical (unpaired) electrons. The average Bonchev–Trinajstić information content (AvgIpc) is 2.44. The molecule has 108 valence electrons. The summed E-state index contributed by atoms with van der Waals surface area (Å²) in [6.07, 6.45) is 3.63. The van der Waals surface area contributed by atoms with Gasteiger partial charge in [-0.05, 0) is 37.6 Å². The van der Waals surface area contributed by atoms with E-state index in [1.807, 2.05) is 49.1 Å². The van der Waals surface area contributed by atoms with Gasteiger partial charge in [0.05, 0.1) is 19.3 Å². The first-order valence-corrected chi connectivity index (χ1v) is 6.85. The highest BCUT2D eigenvalue weighted by atomic mass is 16.5. The molecular weight excluding hydrogens is 254 g/mol. The number of nitrogens with zero attached hydrogens (tertiary/aromatic N) is 1. The molecule has 0 N–H and O–H groups in total. The maximum atomic E-state index is 12.1. The Morgan fingerprint density at radius 2 is 1.85 bits per heavy atom. The van der Waals surface area contributed by atoms with Crippen molar-refractivity contribution in [1.82, 2.24) is 4.90 Å². The van der Waals surface area contributed by atoms with Gasteiger partial charge in [0.1, 0.15) is 5.75 Å². The third-order valence-electron chi connectivity index (χ3n) is 3.27. The van der Waals surface area contributed by atoms with E-state index in [4.69, 9.17) is 9.47 Å². The largest absolute Gasteiger partial charge is 0.497 e. The van der Waals surface area contributed by atoms with Gasteiger partial charge in [-0.1, -0.05) is 12.1 Å². The summed E-state index contributed by atoms with van der Waals surface area (Å²) in [4.78, 5) is 14.0. The van der Waals surface area contributed by atoms with Crippen LogP contribution in [0.5, 0.6) is 5.75 Å². The molecule has 0 spiro atoms. The molecule has 2 rings (SSSR count). The highest BCUT2D eigenvalue weighted by molar-refractivity contribution is 5.91. The van der Waals surface area contributed by atoms with Crippen LogP contribution in [0.2, 0.25) is 0 Å². The first kappa shape index (κ1) is 14.6. The second-order valence-electron chi connectivity index (χ2n) is 5.11. The Kier molecular flexibility index (Phi) is 4.79. The first-order chi connectivity index (χ1) is 9.58. The Morgan fingerprint density at radius 1 is 1.25 bits per heavy atom. The lowest BCUT2D eigenvalue weighted by Crippen LogP contribution is -2.47. The molecule has 1 aromatic carbocycles. The molecule has 1 saturated heterocycles. The number of benzene rings is 1. The molecule has 0 saturated carbocycles. The van der Waals surface area contributed by atoms with Crippen LogP contribution in [0, 0.1) is 0 Å². The van der Waals surface area contributed by atoms with Gasteiger partial charge in [-0.15, -0.1) is 0 Å². The van der Waals surface area contributed by atoms with Crippen LogP contribution in [0.25, 0.3) is 6.08 Å². The van der Waals surface area contributed by atoms with Crippen LogP contribution in [0.4, 0.5) is 0 Å². The molecule has 4 nitrogen and oxygen atoms in total. The van der Waals surface area contributed by atoms with Crippen LogP contribution in [0.3, 0.4) is 0 Å². The van der Waals surface area contributed by atoms with Crippen LogP contribution < -0.4 is 4.74 Å². The van der Waals surface area contributed by atoms with E-state index in [2.05, 4.69) is 0 Å². The van der Waals surface area contributed by atoms with Crippen LogP contribution in [0.1, 0.15) is 19.4 Å². The smallest absolute Gasteiger partial charge is 0.246 e. The fourth-order valence-electron chi connectivity index (χ4n) is 2.35. The lowest BCUT2D eigenvalue weighted by atomic mass is 10.2. The number of hydrogen-bond donors (Lipinski definition) is 0. The summed E-state index contributed by atoms with van der Waals surface area (Å²) in [5, 5.41) is 0. The Balaban J connectivity index is 1.97. The molecule has 1 aromatic rings. The number of ether oxygens (including phenoxy) is 2. The molecule has 1 aliphatic heterocycles.